The van der Waals surface area contributed by atoms with E-state index < -0.39 is 5.72 Å². The van der Waals surface area contributed by atoms with Gasteiger partial charge in [0, 0.05) is 48.1 Å². The lowest BCUT2D eigenvalue weighted by molar-refractivity contribution is -0.136. The number of benzene rings is 1. The molecule has 0 aliphatic carbocycles. The molecule has 0 saturated carbocycles. The van der Waals surface area contributed by atoms with Crippen LogP contribution >= 0.6 is 23.2 Å². The monoisotopic (exact) mass is 326 g/mol. The zero-order valence-electron chi connectivity index (χ0n) is 11.5. The first kappa shape index (κ1) is 13.8. The van der Waals surface area contributed by atoms with Gasteiger partial charge in [0.25, 0.3) is 0 Å². The average molecular weight is 327 g/mol. The summed E-state index contributed by atoms with van der Waals surface area (Å²) in [4.78, 5) is 16.4. The van der Waals surface area contributed by atoms with Gasteiger partial charge in [-0.05, 0) is 12.1 Å². The van der Waals surface area contributed by atoms with E-state index in [0.29, 0.717) is 29.6 Å². The van der Waals surface area contributed by atoms with E-state index in [1.54, 1.807) is 0 Å². The minimum atomic E-state index is -0.398. The quantitative estimate of drug-likeness (QED) is 0.837. The Labute approximate surface area is 133 Å². The van der Waals surface area contributed by atoms with Gasteiger partial charge >= 0.3 is 0 Å². The normalized spacial score (nSPS) is 31.8. The number of likely N-dealkylation sites (tertiary alicyclic amines) is 1. The summed E-state index contributed by atoms with van der Waals surface area (Å²) < 4.78 is 5.98. The molecular formula is C15H16Cl2N2O2. The fourth-order valence-corrected chi connectivity index (χ4v) is 4.47. The molecular weight excluding hydrogens is 311 g/mol. The molecule has 3 aliphatic rings. The van der Waals surface area contributed by atoms with Crippen molar-refractivity contribution in [3.05, 3.63) is 33.8 Å². The first-order valence-corrected chi connectivity index (χ1v) is 7.99. The number of halogens is 2. The Balaban J connectivity index is 1.62. The number of carbonyl (C=O) groups is 1. The van der Waals surface area contributed by atoms with E-state index in [9.17, 15) is 4.79 Å². The van der Waals surface area contributed by atoms with Crippen LogP contribution in [0.25, 0.3) is 0 Å². The second kappa shape index (κ2) is 4.85. The first-order chi connectivity index (χ1) is 10.1. The minimum absolute atomic E-state index is 0.111. The molecule has 1 aromatic rings. The third-order valence-corrected chi connectivity index (χ3v) is 5.64. The van der Waals surface area contributed by atoms with Gasteiger partial charge in [-0.2, -0.15) is 0 Å². The molecule has 0 radical (unpaired) electrons. The molecule has 4 rings (SSSR count). The van der Waals surface area contributed by atoms with Crippen molar-refractivity contribution in [1.82, 2.24) is 9.80 Å². The minimum Gasteiger partial charge on any atom is -0.352 e. The molecule has 1 aromatic carbocycles. The Morgan fingerprint density at radius 1 is 1.29 bits per heavy atom. The molecule has 1 amide bonds. The van der Waals surface area contributed by atoms with Crippen LogP contribution in [-0.2, 0) is 16.1 Å². The molecule has 4 nitrogen and oxygen atoms in total. The summed E-state index contributed by atoms with van der Waals surface area (Å²) in [5.41, 5.74) is 0.534. The van der Waals surface area contributed by atoms with E-state index >= 15 is 0 Å². The molecule has 1 spiro atoms. The summed E-state index contributed by atoms with van der Waals surface area (Å²) >= 11 is 12.5. The molecule has 21 heavy (non-hydrogen) atoms. The molecule has 3 fully saturated rings. The van der Waals surface area contributed by atoms with Gasteiger partial charge in [0.2, 0.25) is 5.91 Å². The van der Waals surface area contributed by atoms with Crippen LogP contribution < -0.4 is 0 Å². The topological polar surface area (TPSA) is 32.8 Å². The van der Waals surface area contributed by atoms with Gasteiger partial charge in [0.05, 0.1) is 12.6 Å². The zero-order valence-corrected chi connectivity index (χ0v) is 13.0. The molecule has 112 valence electrons. The summed E-state index contributed by atoms with van der Waals surface area (Å²) in [7, 11) is 0. The van der Waals surface area contributed by atoms with Crippen molar-refractivity contribution in [3.8, 4) is 0 Å². The van der Waals surface area contributed by atoms with E-state index in [1.165, 1.54) is 0 Å². The van der Waals surface area contributed by atoms with Gasteiger partial charge in [-0.25, -0.2) is 0 Å². The lowest BCUT2D eigenvalue weighted by Crippen LogP contribution is -2.47. The van der Waals surface area contributed by atoms with Crippen LogP contribution in [0, 0.1) is 0 Å². The smallest absolute Gasteiger partial charge is 0.226 e. The van der Waals surface area contributed by atoms with Gasteiger partial charge in [-0.15, -0.1) is 0 Å². The summed E-state index contributed by atoms with van der Waals surface area (Å²) in [6.45, 7) is 2.92. The average Bonchev–Trinajstić information content (AvgIpc) is 3.07. The fraction of sp³-hybridized carbons (Fsp3) is 0.533. The molecule has 0 aromatic heterocycles. The predicted molar refractivity (Wildman–Crippen MR) is 80.3 cm³/mol. The number of rotatable bonds is 2. The van der Waals surface area contributed by atoms with Crippen LogP contribution in [0.4, 0.5) is 0 Å². The molecule has 0 unspecified atom stereocenters. The third-order valence-electron chi connectivity index (χ3n) is 4.93. The van der Waals surface area contributed by atoms with Crippen molar-refractivity contribution in [2.75, 3.05) is 19.7 Å². The van der Waals surface area contributed by atoms with Crippen molar-refractivity contribution < 1.29 is 9.53 Å². The second-order valence-corrected chi connectivity index (χ2v) is 6.69. The summed E-state index contributed by atoms with van der Waals surface area (Å²) in [6.07, 6.45) is 1.40. The number of carbonyl (C=O) groups excluding carboxylic acids is 1. The van der Waals surface area contributed by atoms with Gasteiger partial charge in [0.15, 0.2) is 5.72 Å². The third kappa shape index (κ3) is 1.93. The molecule has 0 N–H and O–H groups in total. The van der Waals surface area contributed by atoms with Crippen LogP contribution in [0.5, 0.6) is 0 Å². The standard InChI is InChI=1S/C15H16Cl2N2O2/c16-11-2-1-3-12(17)10(11)9-18-5-4-15-13(18)8-14(20)19(15)6-7-21-15/h1-3,13H,4-9H2/t13-,15+/m1/s1. The maximum absolute atomic E-state index is 12.2. The van der Waals surface area contributed by atoms with Crippen LogP contribution in [-0.4, -0.2) is 47.2 Å². The predicted octanol–water partition coefficient (Wildman–Crippen LogP) is 2.53. The first-order valence-electron chi connectivity index (χ1n) is 7.23. The van der Waals surface area contributed by atoms with Crippen molar-refractivity contribution in [2.24, 2.45) is 0 Å². The Bertz CT molecular complexity index is 589. The number of hydrogen-bond donors (Lipinski definition) is 0. The summed E-state index contributed by atoms with van der Waals surface area (Å²) in [5.74, 6) is 0.201. The van der Waals surface area contributed by atoms with Crippen molar-refractivity contribution >= 4 is 29.1 Å². The molecule has 3 heterocycles. The van der Waals surface area contributed by atoms with E-state index in [1.807, 2.05) is 23.1 Å². The molecule has 2 atom stereocenters. The molecule has 0 bridgehead atoms. The molecule has 3 aliphatic heterocycles. The second-order valence-electron chi connectivity index (χ2n) is 5.88. The van der Waals surface area contributed by atoms with Gasteiger partial charge in [0.1, 0.15) is 0 Å². The highest BCUT2D eigenvalue weighted by Crippen LogP contribution is 2.46. The highest BCUT2D eigenvalue weighted by Gasteiger charge is 2.61. The lowest BCUT2D eigenvalue weighted by Gasteiger charge is -2.32. The zero-order chi connectivity index (χ0) is 14.6. The van der Waals surface area contributed by atoms with Crippen molar-refractivity contribution in [3.63, 3.8) is 0 Å². The van der Waals surface area contributed by atoms with Crippen LogP contribution in [0.15, 0.2) is 18.2 Å². The number of hydrogen-bond acceptors (Lipinski definition) is 3. The van der Waals surface area contributed by atoms with Crippen LogP contribution in [0.2, 0.25) is 10.0 Å². The van der Waals surface area contributed by atoms with E-state index in [4.69, 9.17) is 27.9 Å². The number of amides is 1. The lowest BCUT2D eigenvalue weighted by atomic mass is 10.1. The summed E-state index contributed by atoms with van der Waals surface area (Å²) in [6, 6.07) is 5.67. The Kier molecular flexibility index (Phi) is 3.19. The van der Waals surface area contributed by atoms with Crippen LogP contribution in [0.3, 0.4) is 0 Å². The maximum Gasteiger partial charge on any atom is 0.226 e. The highest BCUT2D eigenvalue weighted by atomic mass is 35.5. The van der Waals surface area contributed by atoms with Gasteiger partial charge in [-0.3, -0.25) is 9.69 Å². The molecule has 6 heteroatoms. The van der Waals surface area contributed by atoms with Crippen LogP contribution in [0.1, 0.15) is 18.4 Å². The Morgan fingerprint density at radius 3 is 2.81 bits per heavy atom. The number of ether oxygens (including phenoxy) is 1. The van der Waals surface area contributed by atoms with Crippen molar-refractivity contribution in [2.45, 2.75) is 31.2 Å². The largest absolute Gasteiger partial charge is 0.352 e. The van der Waals surface area contributed by atoms with E-state index in [-0.39, 0.29) is 11.9 Å². The molecule has 3 saturated heterocycles. The Morgan fingerprint density at radius 2 is 2.05 bits per heavy atom. The fourth-order valence-electron chi connectivity index (χ4n) is 3.95. The van der Waals surface area contributed by atoms with Crippen molar-refractivity contribution in [1.29, 1.82) is 0 Å². The van der Waals surface area contributed by atoms with Gasteiger partial charge in [-0.1, -0.05) is 29.3 Å². The maximum atomic E-state index is 12.2. The number of nitrogens with zero attached hydrogens (tertiary/aromatic N) is 2. The summed E-state index contributed by atoms with van der Waals surface area (Å²) in [5, 5.41) is 1.36. The highest BCUT2D eigenvalue weighted by molar-refractivity contribution is 6.35. The van der Waals surface area contributed by atoms with E-state index in [0.717, 1.165) is 25.1 Å². The van der Waals surface area contributed by atoms with E-state index in [2.05, 4.69) is 4.90 Å². The SMILES string of the molecule is O=C1C[C@H]2N(Cc3c(Cl)cccc3Cl)CC[C@]23OCCN13. The Hall–Kier alpha value is -0.810. The van der Waals surface area contributed by atoms with Gasteiger partial charge < -0.3 is 9.64 Å².